The number of nitrogen functional groups attached to an aromatic ring is 1. The molecule has 1 fully saturated rings. The van der Waals surface area contributed by atoms with Gasteiger partial charge in [0.2, 0.25) is 5.91 Å². The van der Waals surface area contributed by atoms with Crippen LogP contribution >= 0.6 is 11.3 Å². The minimum atomic E-state index is -0.686. The topological polar surface area (TPSA) is 108 Å². The van der Waals surface area contributed by atoms with Gasteiger partial charge < -0.3 is 15.5 Å². The molecule has 2 aliphatic heterocycles. The summed E-state index contributed by atoms with van der Waals surface area (Å²) in [6.45, 7) is 5.03. The van der Waals surface area contributed by atoms with E-state index in [-0.39, 0.29) is 49.6 Å². The number of rotatable bonds is 2. The van der Waals surface area contributed by atoms with Crippen molar-refractivity contribution in [1.29, 1.82) is 5.26 Å². The summed E-state index contributed by atoms with van der Waals surface area (Å²) >= 11 is 0.939. The Kier molecular flexibility index (Phi) is 5.24. The summed E-state index contributed by atoms with van der Waals surface area (Å²) in [5.41, 5.74) is 7.17. The van der Waals surface area contributed by atoms with Crippen LogP contribution in [-0.4, -0.2) is 57.1 Å². The van der Waals surface area contributed by atoms with Crippen molar-refractivity contribution in [3.63, 3.8) is 0 Å². The van der Waals surface area contributed by atoms with E-state index in [2.05, 4.69) is 11.7 Å². The highest BCUT2D eigenvalue weighted by atomic mass is 32.1. The Morgan fingerprint density at radius 2 is 2.05 bits per heavy atom. The van der Waals surface area contributed by atoms with Crippen molar-refractivity contribution in [2.45, 2.75) is 19.0 Å². The first-order valence-corrected chi connectivity index (χ1v) is 12.5. The number of nitrogens with two attached hydrogens (primary N) is 1. The number of amides is 2. The fourth-order valence-corrected chi connectivity index (χ4v) is 6.44. The lowest BCUT2D eigenvalue weighted by Crippen LogP contribution is -2.57. The van der Waals surface area contributed by atoms with Crippen LogP contribution in [0.4, 0.5) is 13.8 Å². The van der Waals surface area contributed by atoms with Gasteiger partial charge in [-0.2, -0.15) is 10.4 Å². The van der Waals surface area contributed by atoms with E-state index in [0.717, 1.165) is 11.3 Å². The number of carbonyl (C=O) groups excluding carboxylic acids is 2. The number of thiophene rings is 1. The number of hydrogen-bond acceptors (Lipinski definition) is 6. The fourth-order valence-electron chi connectivity index (χ4n) is 5.49. The Labute approximate surface area is 213 Å². The third-order valence-electron chi connectivity index (χ3n) is 7.21. The van der Waals surface area contributed by atoms with Crippen molar-refractivity contribution in [3.8, 4) is 17.2 Å². The molecule has 2 aromatic heterocycles. The predicted molar refractivity (Wildman–Crippen MR) is 136 cm³/mol. The molecule has 4 aromatic rings. The number of halogens is 2. The van der Waals surface area contributed by atoms with Crippen LogP contribution in [0.2, 0.25) is 0 Å². The molecule has 1 atom stereocenters. The molecule has 2 amide bonds. The molecule has 0 saturated carbocycles. The number of aryl methyl sites for hydroxylation is 1. The molecule has 186 valence electrons. The number of fused-ring (bicyclic) bond motifs is 2. The highest BCUT2D eigenvalue weighted by molar-refractivity contribution is 7.23. The van der Waals surface area contributed by atoms with Crippen molar-refractivity contribution in [2.75, 3.05) is 25.4 Å². The molecule has 0 radical (unpaired) electrons. The van der Waals surface area contributed by atoms with Gasteiger partial charge in [-0.15, -0.1) is 11.3 Å². The van der Waals surface area contributed by atoms with Crippen LogP contribution in [0.25, 0.3) is 32.1 Å². The lowest BCUT2D eigenvalue weighted by atomic mass is 9.93. The van der Waals surface area contributed by atoms with E-state index in [4.69, 9.17) is 5.73 Å². The van der Waals surface area contributed by atoms with Gasteiger partial charge in [0, 0.05) is 42.5 Å². The van der Waals surface area contributed by atoms with Crippen LogP contribution in [0, 0.1) is 23.0 Å². The maximum absolute atomic E-state index is 15.9. The zero-order chi connectivity index (χ0) is 26.0. The van der Waals surface area contributed by atoms with Gasteiger partial charge in [0.25, 0.3) is 5.91 Å². The smallest absolute Gasteiger partial charge is 0.256 e. The molecule has 37 heavy (non-hydrogen) atoms. The van der Waals surface area contributed by atoms with E-state index in [0.29, 0.717) is 49.1 Å². The minimum absolute atomic E-state index is 0.0884. The van der Waals surface area contributed by atoms with E-state index in [1.165, 1.54) is 30.5 Å². The Morgan fingerprint density at radius 3 is 2.81 bits per heavy atom. The van der Waals surface area contributed by atoms with Gasteiger partial charge in [-0.25, -0.2) is 8.78 Å². The second-order valence-corrected chi connectivity index (χ2v) is 10.1. The van der Waals surface area contributed by atoms with Crippen LogP contribution < -0.4 is 5.73 Å². The van der Waals surface area contributed by atoms with E-state index >= 15 is 4.39 Å². The summed E-state index contributed by atoms with van der Waals surface area (Å²) < 4.78 is 32.4. The zero-order valence-corrected chi connectivity index (χ0v) is 20.3. The molecule has 0 aliphatic carbocycles. The summed E-state index contributed by atoms with van der Waals surface area (Å²) in [5.74, 6) is -1.77. The number of anilines is 1. The largest absolute Gasteiger partial charge is 0.389 e. The molecule has 6 rings (SSSR count). The first-order valence-electron chi connectivity index (χ1n) is 11.6. The number of nitrogens with zero attached hydrogens (tertiary/aromatic N) is 5. The second kappa shape index (κ2) is 8.38. The van der Waals surface area contributed by atoms with Crippen LogP contribution in [0.15, 0.2) is 37.1 Å². The molecule has 2 N–H and O–H groups in total. The summed E-state index contributed by atoms with van der Waals surface area (Å²) in [6, 6.07) is 5.61. The standard InChI is InChI=1S/C26H20F2N6O2S/c1-2-20(35)32-7-8-33-13(12-32)5-6-34-23-15(26(33)36)9-19(28)21(17(23)11-31-34)14-3-4-18(27)24-22(14)16(10-29)25(30)37-24/h2-4,9,11,13H,1,5-8,12,30H2/t13-/m0/s1. The lowest BCUT2D eigenvalue weighted by Gasteiger charge is -2.42. The number of benzene rings is 2. The molecular formula is C26H20F2N6O2S. The summed E-state index contributed by atoms with van der Waals surface area (Å²) in [5, 5.41) is 14.9. The number of piperazine rings is 1. The van der Waals surface area contributed by atoms with Gasteiger partial charge in [0.05, 0.1) is 33.6 Å². The van der Waals surface area contributed by atoms with E-state index < -0.39 is 11.6 Å². The zero-order valence-electron chi connectivity index (χ0n) is 19.5. The van der Waals surface area contributed by atoms with Crippen molar-refractivity contribution < 1.29 is 18.4 Å². The number of aromatic nitrogens is 2. The summed E-state index contributed by atoms with van der Waals surface area (Å²) in [7, 11) is 0. The third kappa shape index (κ3) is 3.33. The van der Waals surface area contributed by atoms with Crippen LogP contribution in [-0.2, 0) is 11.3 Å². The minimum Gasteiger partial charge on any atom is -0.389 e. The van der Waals surface area contributed by atoms with Gasteiger partial charge in [-0.05, 0) is 30.2 Å². The maximum Gasteiger partial charge on any atom is 0.256 e. The SMILES string of the molecule is C=CC(=O)N1CCN2C(=O)c3cc(F)c(-c4ccc(F)c5sc(N)c(C#N)c45)c4cnn(c34)CC[C@H]2C1. The molecule has 1 saturated heterocycles. The van der Waals surface area contributed by atoms with Gasteiger partial charge in [-0.3, -0.25) is 14.3 Å². The quantitative estimate of drug-likeness (QED) is 0.405. The Hall–Kier alpha value is -4.30. The van der Waals surface area contributed by atoms with Crippen LogP contribution in [0.3, 0.4) is 0 Å². The monoisotopic (exact) mass is 518 g/mol. The molecule has 0 spiro atoms. The average molecular weight is 519 g/mol. The van der Waals surface area contributed by atoms with E-state index in [9.17, 15) is 19.2 Å². The van der Waals surface area contributed by atoms with Gasteiger partial charge >= 0.3 is 0 Å². The van der Waals surface area contributed by atoms with Crippen LogP contribution in [0.1, 0.15) is 22.3 Å². The van der Waals surface area contributed by atoms with E-state index in [1.807, 2.05) is 6.07 Å². The van der Waals surface area contributed by atoms with Crippen molar-refractivity contribution in [2.24, 2.45) is 0 Å². The molecule has 0 bridgehead atoms. The second-order valence-electron chi connectivity index (χ2n) is 9.09. The van der Waals surface area contributed by atoms with Gasteiger partial charge in [-0.1, -0.05) is 12.6 Å². The van der Waals surface area contributed by atoms with Crippen molar-refractivity contribution in [1.82, 2.24) is 19.6 Å². The molecule has 11 heteroatoms. The Morgan fingerprint density at radius 1 is 1.24 bits per heavy atom. The molecular weight excluding hydrogens is 498 g/mol. The van der Waals surface area contributed by atoms with Crippen LogP contribution in [0.5, 0.6) is 0 Å². The third-order valence-corrected chi connectivity index (χ3v) is 8.23. The van der Waals surface area contributed by atoms with E-state index in [1.54, 1.807) is 14.5 Å². The molecule has 0 unspecified atom stereocenters. The van der Waals surface area contributed by atoms with Crippen molar-refractivity contribution in [3.05, 3.63) is 59.8 Å². The van der Waals surface area contributed by atoms with Crippen molar-refractivity contribution >= 4 is 49.1 Å². The normalized spacial score (nSPS) is 17.4. The highest BCUT2D eigenvalue weighted by Gasteiger charge is 2.36. The Bertz CT molecular complexity index is 1700. The number of nitriles is 1. The molecule has 2 aromatic carbocycles. The molecule has 8 nitrogen and oxygen atoms in total. The van der Waals surface area contributed by atoms with Gasteiger partial charge in [0.15, 0.2) is 0 Å². The first-order chi connectivity index (χ1) is 17.8. The molecule has 4 heterocycles. The van der Waals surface area contributed by atoms with Gasteiger partial charge in [0.1, 0.15) is 22.7 Å². The predicted octanol–water partition coefficient (Wildman–Crippen LogP) is 3.89. The molecule has 2 aliphatic rings. The number of hydrogen-bond donors (Lipinski definition) is 1. The first kappa shape index (κ1) is 23.1. The fraction of sp³-hybridized carbons (Fsp3) is 0.231. The maximum atomic E-state index is 15.9. The Balaban J connectivity index is 1.54. The average Bonchev–Trinajstić information content (AvgIpc) is 3.47. The summed E-state index contributed by atoms with van der Waals surface area (Å²) in [6.07, 6.45) is 3.31. The lowest BCUT2D eigenvalue weighted by molar-refractivity contribution is -0.128. The summed E-state index contributed by atoms with van der Waals surface area (Å²) in [4.78, 5) is 29.2. The highest BCUT2D eigenvalue weighted by Crippen LogP contribution is 2.44. The number of carbonyl (C=O) groups is 2.